The van der Waals surface area contributed by atoms with Crippen molar-refractivity contribution in [2.75, 3.05) is 57.0 Å². The maximum atomic E-state index is 16.2. The smallest absolute Gasteiger partial charge is 0.282 e. The molecule has 0 bridgehead atoms. The Bertz CT molecular complexity index is 1750. The number of rotatable bonds is 7. The molecule has 232 valence electrons. The van der Waals surface area contributed by atoms with Gasteiger partial charge in [-0.3, -0.25) is 4.79 Å². The van der Waals surface area contributed by atoms with Crippen molar-refractivity contribution in [2.24, 2.45) is 0 Å². The number of fused-ring (bicyclic) bond motifs is 2. The van der Waals surface area contributed by atoms with E-state index >= 15 is 4.39 Å². The third-order valence-electron chi connectivity index (χ3n) is 9.03. The van der Waals surface area contributed by atoms with Gasteiger partial charge in [0.1, 0.15) is 30.1 Å². The molecule has 0 radical (unpaired) electrons. The van der Waals surface area contributed by atoms with E-state index in [1.807, 2.05) is 24.1 Å². The number of likely N-dealkylation sites (N-methyl/N-ethyl adjacent to an activating group) is 1. The van der Waals surface area contributed by atoms with E-state index in [4.69, 9.17) is 16.3 Å². The third kappa shape index (κ3) is 5.95. The van der Waals surface area contributed by atoms with Gasteiger partial charge < -0.3 is 24.3 Å². The van der Waals surface area contributed by atoms with E-state index in [2.05, 4.69) is 28.5 Å². The normalized spacial score (nSPS) is 20.0. The minimum absolute atomic E-state index is 0.0624. The number of thioether (sulfide) groups is 1. The van der Waals surface area contributed by atoms with Crippen LogP contribution in [0.2, 0.25) is 0 Å². The Labute approximate surface area is 266 Å². The fourth-order valence-electron chi connectivity index (χ4n) is 6.69. The Kier molecular flexibility index (Phi) is 8.93. The Morgan fingerprint density at radius 1 is 1.24 bits per heavy atom. The fraction of sp³-hybridized carbons (Fsp3) is 0.412. The molecule has 3 aliphatic heterocycles. The molecule has 4 heterocycles. The molecule has 3 aromatic rings. The maximum Gasteiger partial charge on any atom is 0.282 e. The number of carbonyl (C=O) groups is 1. The van der Waals surface area contributed by atoms with E-state index in [1.165, 1.54) is 16.5 Å². The minimum Gasteiger partial charge on any atom is -0.475 e. The zero-order valence-corrected chi connectivity index (χ0v) is 26.0. The second-order valence-electron chi connectivity index (χ2n) is 11.8. The van der Waals surface area contributed by atoms with Crippen LogP contribution in [0.3, 0.4) is 0 Å². The van der Waals surface area contributed by atoms with Gasteiger partial charge in [-0.1, -0.05) is 24.8 Å². The van der Waals surface area contributed by atoms with Crippen LogP contribution in [0.5, 0.6) is 5.88 Å². The van der Waals surface area contributed by atoms with Crippen LogP contribution in [-0.2, 0) is 11.2 Å². The molecule has 2 saturated heterocycles. The molecule has 0 unspecified atom stereocenters. The van der Waals surface area contributed by atoms with Crippen LogP contribution >= 0.6 is 11.8 Å². The quantitative estimate of drug-likeness (QED) is 0.240. The number of anilines is 1. The highest BCUT2D eigenvalue weighted by Gasteiger charge is 2.36. The predicted molar refractivity (Wildman–Crippen MR) is 171 cm³/mol. The zero-order valence-electron chi connectivity index (χ0n) is 25.2. The highest BCUT2D eigenvalue weighted by Crippen LogP contribution is 2.43. The Morgan fingerprint density at radius 3 is 2.82 bits per heavy atom. The molecule has 2 fully saturated rings. The molecule has 1 amide bonds. The molecule has 8 nitrogen and oxygen atoms in total. The van der Waals surface area contributed by atoms with Gasteiger partial charge in [-0.05, 0) is 68.3 Å². The lowest BCUT2D eigenvalue weighted by Crippen LogP contribution is -2.56. The summed E-state index contributed by atoms with van der Waals surface area (Å²) in [6, 6.07) is 10.9. The van der Waals surface area contributed by atoms with Crippen molar-refractivity contribution in [3.63, 3.8) is 0 Å². The van der Waals surface area contributed by atoms with Gasteiger partial charge in [0, 0.05) is 41.5 Å². The first-order valence-corrected chi connectivity index (χ1v) is 16.2. The van der Waals surface area contributed by atoms with Crippen molar-refractivity contribution in [1.82, 2.24) is 14.8 Å². The number of aryl methyl sites for hydroxylation is 1. The van der Waals surface area contributed by atoms with E-state index in [9.17, 15) is 14.4 Å². The number of aromatic nitrogens is 1. The van der Waals surface area contributed by atoms with Gasteiger partial charge in [-0.2, -0.15) is 5.26 Å². The van der Waals surface area contributed by atoms with Crippen molar-refractivity contribution in [2.45, 2.75) is 42.7 Å². The lowest BCUT2D eigenvalue weighted by Gasteiger charge is -2.40. The SMILES string of the molecule is [C-]#[N+]C[C@H]1CN(c2c(C#N)c(OC[C@@H]3CCCN3C)nc3cc(-c4cccc5c4SCCC5)c(F)cc23)CCN1C(=O)C(=C)F. The van der Waals surface area contributed by atoms with Crippen LogP contribution in [0, 0.1) is 23.7 Å². The number of piperazine rings is 1. The van der Waals surface area contributed by atoms with Crippen molar-refractivity contribution < 1.29 is 18.3 Å². The number of pyridine rings is 1. The minimum atomic E-state index is -1.09. The third-order valence-corrected chi connectivity index (χ3v) is 10.3. The standard InChI is InChI=1S/C34H34F2N6O2S/c1-21(35)34(43)42-13-12-41(19-24(42)18-38-2)31-27-15-29(36)26(25-10-4-7-22-8-6-14-45-32(22)25)16-30(27)39-33(28(31)17-37)44-20-23-9-5-11-40(23)3/h4,7,10,15-16,23-24H,1,5-6,8-9,11-14,18-20H2,3H3/t23-,24-/m0/s1. The number of benzene rings is 2. The summed E-state index contributed by atoms with van der Waals surface area (Å²) < 4.78 is 36.3. The van der Waals surface area contributed by atoms with Crippen molar-refractivity contribution >= 4 is 34.3 Å². The van der Waals surface area contributed by atoms with Gasteiger partial charge >= 0.3 is 0 Å². The summed E-state index contributed by atoms with van der Waals surface area (Å²) in [6.07, 6.45) is 4.06. The molecule has 3 aliphatic rings. The topological polar surface area (TPSA) is 77.1 Å². The van der Waals surface area contributed by atoms with Crippen molar-refractivity contribution in [3.8, 4) is 23.1 Å². The molecule has 0 spiro atoms. The number of halogens is 2. The summed E-state index contributed by atoms with van der Waals surface area (Å²) in [7, 11) is 2.05. The fourth-order valence-corrected chi connectivity index (χ4v) is 7.88. The highest BCUT2D eigenvalue weighted by molar-refractivity contribution is 7.99. The molecule has 11 heteroatoms. The number of nitriles is 1. The van der Waals surface area contributed by atoms with Gasteiger partial charge in [0.05, 0.1) is 11.2 Å². The number of ether oxygens (including phenoxy) is 1. The molecule has 1 aromatic heterocycles. The first-order valence-electron chi connectivity index (χ1n) is 15.2. The predicted octanol–water partition coefficient (Wildman–Crippen LogP) is 5.84. The summed E-state index contributed by atoms with van der Waals surface area (Å²) in [5.41, 5.74) is 3.53. The first kappa shape index (κ1) is 30.8. The van der Waals surface area contributed by atoms with E-state index < -0.39 is 23.6 Å². The molecule has 6 rings (SSSR count). The van der Waals surface area contributed by atoms with Crippen LogP contribution < -0.4 is 9.64 Å². The first-order chi connectivity index (χ1) is 21.8. The molecular weight excluding hydrogens is 594 g/mol. The van der Waals surface area contributed by atoms with Gasteiger partial charge in [-0.25, -0.2) is 20.3 Å². The van der Waals surface area contributed by atoms with Crippen LogP contribution in [0.15, 0.2) is 47.6 Å². The van der Waals surface area contributed by atoms with Gasteiger partial charge in [0.2, 0.25) is 12.4 Å². The number of likely N-dealkylation sites (tertiary alicyclic amines) is 1. The average molecular weight is 629 g/mol. The van der Waals surface area contributed by atoms with Crippen LogP contribution in [0.25, 0.3) is 26.9 Å². The lowest BCUT2D eigenvalue weighted by molar-refractivity contribution is -0.131. The van der Waals surface area contributed by atoms with E-state index in [0.717, 1.165) is 48.4 Å². The van der Waals surface area contributed by atoms with Crippen LogP contribution in [-0.4, -0.2) is 84.9 Å². The number of amides is 1. The second kappa shape index (κ2) is 13.0. The number of carbonyl (C=O) groups excluding carboxylic acids is 1. The van der Waals surface area contributed by atoms with Crippen LogP contribution in [0.4, 0.5) is 14.5 Å². The van der Waals surface area contributed by atoms with E-state index in [-0.39, 0.29) is 43.7 Å². The lowest BCUT2D eigenvalue weighted by atomic mass is 9.97. The van der Waals surface area contributed by atoms with Gasteiger partial charge in [0.25, 0.3) is 5.91 Å². The van der Waals surface area contributed by atoms with Crippen molar-refractivity contribution in [3.05, 3.63) is 71.1 Å². The van der Waals surface area contributed by atoms with Crippen molar-refractivity contribution in [1.29, 1.82) is 5.26 Å². The molecule has 0 saturated carbocycles. The Hall–Kier alpha value is -4.19. The monoisotopic (exact) mass is 628 g/mol. The van der Waals surface area contributed by atoms with E-state index in [0.29, 0.717) is 28.8 Å². The number of hydrogen-bond acceptors (Lipinski definition) is 7. The summed E-state index contributed by atoms with van der Waals surface area (Å²) in [5.74, 6) is -1.24. The number of nitrogens with zero attached hydrogens (tertiary/aromatic N) is 6. The summed E-state index contributed by atoms with van der Waals surface area (Å²) in [4.78, 5) is 27.3. The summed E-state index contributed by atoms with van der Waals surface area (Å²) >= 11 is 1.73. The molecule has 0 N–H and O–H groups in total. The maximum absolute atomic E-state index is 16.2. The largest absolute Gasteiger partial charge is 0.475 e. The molecular formula is C34H34F2N6O2S. The molecule has 2 aromatic carbocycles. The van der Waals surface area contributed by atoms with E-state index in [1.54, 1.807) is 17.8 Å². The molecule has 2 atom stereocenters. The van der Waals surface area contributed by atoms with Gasteiger partial charge in [0.15, 0.2) is 5.83 Å². The highest BCUT2D eigenvalue weighted by atomic mass is 32.2. The molecule has 0 aliphatic carbocycles. The summed E-state index contributed by atoms with van der Waals surface area (Å²) in [6.45, 7) is 12.3. The number of hydrogen-bond donors (Lipinski definition) is 0. The second-order valence-corrected chi connectivity index (χ2v) is 12.9. The zero-order chi connectivity index (χ0) is 31.7. The van der Waals surface area contributed by atoms with Gasteiger partial charge in [-0.15, -0.1) is 11.8 Å². The summed E-state index contributed by atoms with van der Waals surface area (Å²) in [5, 5.41) is 10.9. The Balaban J connectivity index is 1.48. The molecule has 45 heavy (non-hydrogen) atoms. The van der Waals surface area contributed by atoms with Crippen LogP contribution in [0.1, 0.15) is 30.4 Å². The average Bonchev–Trinajstić information content (AvgIpc) is 3.46. The Morgan fingerprint density at radius 2 is 2.09 bits per heavy atom.